The SMILES string of the molecule is CCOC(=O)C1CCN(c2cnc(C#N)c(Nc3ccc(C4CCN(C(=O)OC(C)(C)C)CC4)cc3)n2)CC1. The summed E-state index contributed by atoms with van der Waals surface area (Å²) in [7, 11) is 0. The minimum atomic E-state index is -0.493. The second-order valence-corrected chi connectivity index (χ2v) is 11.0. The van der Waals surface area contributed by atoms with E-state index in [1.165, 1.54) is 5.56 Å². The molecule has 2 fully saturated rings. The van der Waals surface area contributed by atoms with Gasteiger partial charge in [-0.25, -0.2) is 14.8 Å². The first-order valence-corrected chi connectivity index (χ1v) is 13.7. The van der Waals surface area contributed by atoms with Crippen LogP contribution in [0.15, 0.2) is 30.5 Å². The molecule has 1 N–H and O–H groups in total. The molecule has 0 radical (unpaired) electrons. The Balaban J connectivity index is 1.36. The van der Waals surface area contributed by atoms with Gasteiger partial charge in [0.25, 0.3) is 0 Å². The van der Waals surface area contributed by atoms with Crippen LogP contribution in [0.4, 0.5) is 22.1 Å². The van der Waals surface area contributed by atoms with E-state index in [1.807, 2.05) is 39.8 Å². The Morgan fingerprint density at radius 1 is 1.08 bits per heavy atom. The van der Waals surface area contributed by atoms with Crippen molar-refractivity contribution in [1.29, 1.82) is 5.26 Å². The fourth-order valence-electron chi connectivity index (χ4n) is 5.00. The lowest BCUT2D eigenvalue weighted by molar-refractivity contribution is -0.148. The van der Waals surface area contributed by atoms with Crippen LogP contribution in [0.25, 0.3) is 0 Å². The molecule has 2 aliphatic heterocycles. The molecule has 208 valence electrons. The molecule has 0 bridgehead atoms. The normalized spacial score (nSPS) is 16.9. The first-order chi connectivity index (χ1) is 18.7. The van der Waals surface area contributed by atoms with Gasteiger partial charge in [0.05, 0.1) is 18.7 Å². The molecule has 0 unspecified atom stereocenters. The largest absolute Gasteiger partial charge is 0.466 e. The van der Waals surface area contributed by atoms with Gasteiger partial charge in [0.1, 0.15) is 17.5 Å². The molecule has 0 atom stereocenters. The molecule has 1 aromatic carbocycles. The van der Waals surface area contributed by atoms with E-state index in [2.05, 4.69) is 33.4 Å². The van der Waals surface area contributed by atoms with Crippen molar-refractivity contribution in [1.82, 2.24) is 14.9 Å². The lowest BCUT2D eigenvalue weighted by atomic mass is 9.89. The lowest BCUT2D eigenvalue weighted by Crippen LogP contribution is -2.41. The Kier molecular flexibility index (Phi) is 8.90. The maximum atomic E-state index is 12.4. The summed E-state index contributed by atoms with van der Waals surface area (Å²) in [6.07, 6.45) is 4.51. The molecule has 0 aliphatic carbocycles. The quantitative estimate of drug-likeness (QED) is 0.511. The van der Waals surface area contributed by atoms with Gasteiger partial charge in [0.2, 0.25) is 0 Å². The molecule has 4 rings (SSSR count). The van der Waals surface area contributed by atoms with Gasteiger partial charge in [0, 0.05) is 31.9 Å². The van der Waals surface area contributed by atoms with Gasteiger partial charge in [-0.05, 0) is 77.0 Å². The van der Waals surface area contributed by atoms with E-state index in [0.29, 0.717) is 63.2 Å². The van der Waals surface area contributed by atoms with Crippen LogP contribution in [0.2, 0.25) is 0 Å². The first-order valence-electron chi connectivity index (χ1n) is 13.7. The molecule has 1 amide bonds. The smallest absolute Gasteiger partial charge is 0.410 e. The number of nitrogens with one attached hydrogen (secondary N) is 1. The Hall–Kier alpha value is -3.87. The number of nitriles is 1. The minimum Gasteiger partial charge on any atom is -0.466 e. The highest BCUT2D eigenvalue weighted by atomic mass is 16.6. The molecule has 2 aromatic rings. The number of ether oxygens (including phenoxy) is 2. The number of likely N-dealkylation sites (tertiary alicyclic amines) is 1. The number of rotatable bonds is 6. The predicted octanol–water partition coefficient (Wildman–Crippen LogP) is 4.99. The Morgan fingerprint density at radius 2 is 1.74 bits per heavy atom. The van der Waals surface area contributed by atoms with E-state index in [1.54, 1.807) is 11.1 Å². The van der Waals surface area contributed by atoms with Crippen LogP contribution in [-0.2, 0) is 14.3 Å². The van der Waals surface area contributed by atoms with Gasteiger partial charge in [-0.1, -0.05) is 12.1 Å². The van der Waals surface area contributed by atoms with Gasteiger partial charge in [-0.15, -0.1) is 0 Å². The number of anilines is 3. The van der Waals surface area contributed by atoms with Gasteiger partial charge in [0.15, 0.2) is 11.5 Å². The van der Waals surface area contributed by atoms with Crippen LogP contribution < -0.4 is 10.2 Å². The standard InChI is InChI=1S/C29H38N6O4/c1-5-38-27(36)22-12-14-34(15-13-22)25-19-31-24(18-30)26(33-25)32-23-8-6-20(7-9-23)21-10-16-35(17-11-21)28(37)39-29(2,3)4/h6-9,19,21-22H,5,10-17H2,1-4H3,(H,32,33). The Bertz CT molecular complexity index is 1190. The van der Waals surface area contributed by atoms with E-state index < -0.39 is 5.60 Å². The van der Waals surface area contributed by atoms with E-state index in [-0.39, 0.29) is 23.7 Å². The van der Waals surface area contributed by atoms with Crippen molar-refractivity contribution < 1.29 is 19.1 Å². The van der Waals surface area contributed by atoms with Gasteiger partial charge >= 0.3 is 12.1 Å². The zero-order chi connectivity index (χ0) is 28.0. The number of amides is 1. The molecule has 10 heteroatoms. The monoisotopic (exact) mass is 534 g/mol. The molecule has 3 heterocycles. The summed E-state index contributed by atoms with van der Waals surface area (Å²) in [5, 5.41) is 12.8. The average molecular weight is 535 g/mol. The van der Waals surface area contributed by atoms with Crippen molar-refractivity contribution in [2.75, 3.05) is 43.0 Å². The summed E-state index contributed by atoms with van der Waals surface area (Å²) in [6.45, 7) is 10.5. The Labute approximate surface area is 230 Å². The highest BCUT2D eigenvalue weighted by Crippen LogP contribution is 2.31. The van der Waals surface area contributed by atoms with Crippen LogP contribution in [0, 0.1) is 17.2 Å². The van der Waals surface area contributed by atoms with Gasteiger partial charge < -0.3 is 24.6 Å². The number of carbonyl (C=O) groups is 2. The molecular formula is C29H38N6O4. The van der Waals surface area contributed by atoms with Crippen LogP contribution in [0.1, 0.15) is 70.6 Å². The third kappa shape index (κ3) is 7.37. The zero-order valence-corrected chi connectivity index (χ0v) is 23.3. The maximum absolute atomic E-state index is 12.4. The van der Waals surface area contributed by atoms with Crippen molar-refractivity contribution in [3.05, 3.63) is 41.7 Å². The van der Waals surface area contributed by atoms with Crippen LogP contribution >= 0.6 is 0 Å². The molecule has 10 nitrogen and oxygen atoms in total. The van der Waals surface area contributed by atoms with Crippen molar-refractivity contribution in [2.24, 2.45) is 5.92 Å². The topological polar surface area (TPSA) is 121 Å². The van der Waals surface area contributed by atoms with Crippen LogP contribution in [0.3, 0.4) is 0 Å². The second kappa shape index (κ2) is 12.3. The minimum absolute atomic E-state index is 0.0896. The predicted molar refractivity (Wildman–Crippen MR) is 148 cm³/mol. The number of benzene rings is 1. The van der Waals surface area contributed by atoms with Crippen LogP contribution in [-0.4, -0.2) is 65.3 Å². The maximum Gasteiger partial charge on any atom is 0.410 e. The highest BCUT2D eigenvalue weighted by Gasteiger charge is 2.28. The van der Waals surface area contributed by atoms with E-state index in [4.69, 9.17) is 14.5 Å². The van der Waals surface area contributed by atoms with Crippen molar-refractivity contribution in [2.45, 2.75) is 64.9 Å². The number of hydrogen-bond donors (Lipinski definition) is 1. The third-order valence-corrected chi connectivity index (χ3v) is 7.10. The Morgan fingerprint density at radius 3 is 2.33 bits per heavy atom. The van der Waals surface area contributed by atoms with Crippen molar-refractivity contribution >= 4 is 29.4 Å². The molecule has 2 saturated heterocycles. The third-order valence-electron chi connectivity index (χ3n) is 7.10. The number of piperidine rings is 2. The number of esters is 1. The van der Waals surface area contributed by atoms with Crippen molar-refractivity contribution in [3.63, 3.8) is 0 Å². The van der Waals surface area contributed by atoms with Crippen LogP contribution in [0.5, 0.6) is 0 Å². The van der Waals surface area contributed by atoms with Gasteiger partial charge in [-0.2, -0.15) is 5.26 Å². The summed E-state index contributed by atoms with van der Waals surface area (Å²) < 4.78 is 10.7. The summed E-state index contributed by atoms with van der Waals surface area (Å²) in [4.78, 5) is 37.3. The summed E-state index contributed by atoms with van der Waals surface area (Å²) in [5.74, 6) is 1.22. The molecule has 0 spiro atoms. The first kappa shape index (κ1) is 28.1. The lowest BCUT2D eigenvalue weighted by Gasteiger charge is -2.33. The fraction of sp³-hybridized carbons (Fsp3) is 0.552. The van der Waals surface area contributed by atoms with Gasteiger partial charge in [-0.3, -0.25) is 4.79 Å². The summed E-state index contributed by atoms with van der Waals surface area (Å²) >= 11 is 0. The summed E-state index contributed by atoms with van der Waals surface area (Å²) in [6, 6.07) is 10.2. The summed E-state index contributed by atoms with van der Waals surface area (Å²) in [5.41, 5.74) is 1.76. The number of carbonyl (C=O) groups excluding carboxylic acids is 2. The van der Waals surface area contributed by atoms with E-state index in [9.17, 15) is 14.9 Å². The van der Waals surface area contributed by atoms with E-state index >= 15 is 0 Å². The number of nitrogens with zero attached hydrogens (tertiary/aromatic N) is 5. The average Bonchev–Trinajstić information content (AvgIpc) is 2.93. The van der Waals surface area contributed by atoms with E-state index in [0.717, 1.165) is 18.5 Å². The zero-order valence-electron chi connectivity index (χ0n) is 23.3. The number of aromatic nitrogens is 2. The highest BCUT2D eigenvalue weighted by molar-refractivity contribution is 5.73. The molecule has 0 saturated carbocycles. The molecule has 1 aromatic heterocycles. The fourth-order valence-corrected chi connectivity index (χ4v) is 5.00. The molecule has 39 heavy (non-hydrogen) atoms. The number of hydrogen-bond acceptors (Lipinski definition) is 9. The molecular weight excluding hydrogens is 496 g/mol. The van der Waals surface area contributed by atoms with Crippen molar-refractivity contribution in [3.8, 4) is 6.07 Å². The second-order valence-electron chi connectivity index (χ2n) is 11.0. The molecule has 2 aliphatic rings.